The molecule has 0 aliphatic carbocycles. The molecule has 3 aromatic rings. The molecule has 0 fully saturated rings. The van der Waals surface area contributed by atoms with Crippen LogP contribution < -0.4 is 10.6 Å². The molecule has 0 radical (unpaired) electrons. The highest BCUT2D eigenvalue weighted by molar-refractivity contribution is 7.90. The van der Waals surface area contributed by atoms with Gasteiger partial charge in [-0.15, -0.1) is 0 Å². The van der Waals surface area contributed by atoms with Crippen LogP contribution in [0.4, 0.5) is 23.3 Å². The zero-order chi connectivity index (χ0) is 21.0. The van der Waals surface area contributed by atoms with Crippen LogP contribution in [0.15, 0.2) is 41.4 Å². The number of sulfone groups is 1. The predicted octanol–water partition coefficient (Wildman–Crippen LogP) is 2.83. The molecule has 0 saturated carbocycles. The molecule has 0 aliphatic rings. The first-order valence-corrected chi connectivity index (χ1v) is 10.9. The lowest BCUT2D eigenvalue weighted by Crippen LogP contribution is -2.10. The summed E-state index contributed by atoms with van der Waals surface area (Å²) in [5.74, 6) is 1.77. The van der Waals surface area contributed by atoms with Gasteiger partial charge >= 0.3 is 0 Å². The number of benzene rings is 1. The number of nitrogens with one attached hydrogen (secondary N) is 2. The van der Waals surface area contributed by atoms with Crippen LogP contribution in [-0.2, 0) is 21.1 Å². The van der Waals surface area contributed by atoms with Crippen LogP contribution in [0.5, 0.6) is 0 Å². The van der Waals surface area contributed by atoms with E-state index in [9.17, 15) is 8.42 Å². The highest BCUT2D eigenvalue weighted by atomic mass is 32.2. The number of rotatable bonds is 8. The molecule has 0 aliphatic heterocycles. The van der Waals surface area contributed by atoms with Gasteiger partial charge in [-0.1, -0.05) is 6.07 Å². The van der Waals surface area contributed by atoms with E-state index in [1.54, 1.807) is 43.6 Å². The third-order valence-corrected chi connectivity index (χ3v) is 5.46. The molecule has 0 unspecified atom stereocenters. The van der Waals surface area contributed by atoms with E-state index >= 15 is 0 Å². The Morgan fingerprint density at radius 2 is 1.97 bits per heavy atom. The van der Waals surface area contributed by atoms with Crippen molar-refractivity contribution < 1.29 is 13.2 Å². The molecular weight excluding hydrogens is 392 g/mol. The van der Waals surface area contributed by atoms with E-state index in [4.69, 9.17) is 4.74 Å². The van der Waals surface area contributed by atoms with Crippen molar-refractivity contribution >= 4 is 33.1 Å². The van der Waals surface area contributed by atoms with Gasteiger partial charge in [-0.05, 0) is 38.1 Å². The van der Waals surface area contributed by atoms with Crippen LogP contribution in [0, 0.1) is 13.8 Å². The Kier molecular flexibility index (Phi) is 6.14. The van der Waals surface area contributed by atoms with E-state index in [0.29, 0.717) is 30.6 Å². The SMILES string of the molecule is COCCn1nc(C)c(C)c1Nc1ccnc(Nc2cccc(S(C)(=O)=O)c2)n1. The predicted molar refractivity (Wildman–Crippen MR) is 112 cm³/mol. The molecule has 29 heavy (non-hydrogen) atoms. The Hall–Kier alpha value is -2.98. The van der Waals surface area contributed by atoms with Crippen molar-refractivity contribution in [2.45, 2.75) is 25.3 Å². The quantitative estimate of drug-likeness (QED) is 0.577. The zero-order valence-corrected chi connectivity index (χ0v) is 17.6. The molecular formula is C19H24N6O3S. The lowest BCUT2D eigenvalue weighted by atomic mass is 10.3. The van der Waals surface area contributed by atoms with E-state index in [0.717, 1.165) is 17.1 Å². The fourth-order valence-electron chi connectivity index (χ4n) is 2.71. The Bertz CT molecular complexity index is 1110. The summed E-state index contributed by atoms with van der Waals surface area (Å²) in [5.41, 5.74) is 2.53. The summed E-state index contributed by atoms with van der Waals surface area (Å²) < 4.78 is 30.5. The van der Waals surface area contributed by atoms with Crippen molar-refractivity contribution in [3.05, 3.63) is 47.8 Å². The summed E-state index contributed by atoms with van der Waals surface area (Å²) >= 11 is 0. The number of hydrogen-bond acceptors (Lipinski definition) is 8. The van der Waals surface area contributed by atoms with E-state index < -0.39 is 9.84 Å². The first-order chi connectivity index (χ1) is 13.8. The van der Waals surface area contributed by atoms with Crippen LogP contribution in [0.3, 0.4) is 0 Å². The van der Waals surface area contributed by atoms with E-state index in [2.05, 4.69) is 25.7 Å². The highest BCUT2D eigenvalue weighted by Crippen LogP contribution is 2.23. The fourth-order valence-corrected chi connectivity index (χ4v) is 3.38. The summed E-state index contributed by atoms with van der Waals surface area (Å²) in [6.45, 7) is 5.10. The monoisotopic (exact) mass is 416 g/mol. The average Bonchev–Trinajstić information content (AvgIpc) is 2.94. The van der Waals surface area contributed by atoms with Crippen LogP contribution >= 0.6 is 0 Å². The molecule has 9 nitrogen and oxygen atoms in total. The molecule has 3 rings (SSSR count). The lowest BCUT2D eigenvalue weighted by molar-refractivity contribution is 0.184. The van der Waals surface area contributed by atoms with Crippen LogP contribution in [0.1, 0.15) is 11.3 Å². The van der Waals surface area contributed by atoms with E-state index in [-0.39, 0.29) is 4.90 Å². The minimum atomic E-state index is -3.29. The Morgan fingerprint density at radius 3 is 2.69 bits per heavy atom. The van der Waals surface area contributed by atoms with Crippen molar-refractivity contribution in [3.63, 3.8) is 0 Å². The van der Waals surface area contributed by atoms with Crippen molar-refractivity contribution in [3.8, 4) is 0 Å². The Labute approximate surface area is 170 Å². The van der Waals surface area contributed by atoms with Gasteiger partial charge in [0, 0.05) is 30.8 Å². The minimum absolute atomic E-state index is 0.227. The molecule has 1 aromatic carbocycles. The molecule has 154 valence electrons. The second kappa shape index (κ2) is 8.58. The van der Waals surface area contributed by atoms with E-state index in [1.807, 2.05) is 18.5 Å². The lowest BCUT2D eigenvalue weighted by Gasteiger charge is -2.11. The number of methoxy groups -OCH3 is 1. The zero-order valence-electron chi connectivity index (χ0n) is 16.8. The standard InChI is InChI=1S/C19H24N6O3S/c1-13-14(2)24-25(10-11-28-3)18(13)22-17-8-9-20-19(23-17)21-15-6-5-7-16(12-15)29(4,26)27/h5-9,12H,10-11H2,1-4H3,(H2,20,21,22,23). The van der Waals surface area contributed by atoms with Crippen LogP contribution in [0.25, 0.3) is 0 Å². The maximum atomic E-state index is 11.7. The maximum absolute atomic E-state index is 11.7. The third kappa shape index (κ3) is 5.09. The largest absolute Gasteiger partial charge is 0.383 e. The number of hydrogen-bond donors (Lipinski definition) is 2. The topological polar surface area (TPSA) is 111 Å². The molecule has 0 atom stereocenters. The van der Waals surface area contributed by atoms with Gasteiger partial charge in [-0.2, -0.15) is 10.1 Å². The van der Waals surface area contributed by atoms with Crippen LogP contribution in [0.2, 0.25) is 0 Å². The number of ether oxygens (including phenoxy) is 1. The summed E-state index contributed by atoms with van der Waals surface area (Å²) in [6.07, 6.45) is 2.79. The molecule has 0 amide bonds. The van der Waals surface area contributed by atoms with Gasteiger partial charge in [0.05, 0.1) is 23.7 Å². The maximum Gasteiger partial charge on any atom is 0.229 e. The number of nitrogens with zero attached hydrogens (tertiary/aromatic N) is 4. The number of anilines is 4. The molecule has 2 heterocycles. The van der Waals surface area contributed by atoms with Gasteiger partial charge < -0.3 is 15.4 Å². The summed E-state index contributed by atoms with van der Waals surface area (Å²) in [5, 5.41) is 10.9. The molecule has 0 saturated heterocycles. The molecule has 0 spiro atoms. The van der Waals surface area contributed by atoms with Crippen LogP contribution in [-0.4, -0.2) is 48.1 Å². The first-order valence-electron chi connectivity index (χ1n) is 8.98. The molecule has 0 bridgehead atoms. The summed E-state index contributed by atoms with van der Waals surface area (Å²) in [7, 11) is -1.64. The van der Waals surface area contributed by atoms with Crippen molar-refractivity contribution in [2.24, 2.45) is 0 Å². The number of aryl methyl sites for hydroxylation is 1. The van der Waals surface area contributed by atoms with Gasteiger partial charge in [0.25, 0.3) is 0 Å². The Balaban J connectivity index is 1.83. The van der Waals surface area contributed by atoms with Gasteiger partial charge in [0.2, 0.25) is 5.95 Å². The minimum Gasteiger partial charge on any atom is -0.383 e. The summed E-state index contributed by atoms with van der Waals surface area (Å²) in [4.78, 5) is 8.91. The average molecular weight is 417 g/mol. The van der Waals surface area contributed by atoms with Gasteiger partial charge in [-0.3, -0.25) is 0 Å². The first kappa shape index (κ1) is 20.7. The Morgan fingerprint density at radius 1 is 1.17 bits per heavy atom. The summed E-state index contributed by atoms with van der Waals surface area (Å²) in [6, 6.07) is 8.27. The van der Waals surface area contributed by atoms with Gasteiger partial charge in [0.15, 0.2) is 9.84 Å². The van der Waals surface area contributed by atoms with Crippen molar-refractivity contribution in [1.82, 2.24) is 19.7 Å². The van der Waals surface area contributed by atoms with E-state index in [1.165, 1.54) is 6.26 Å². The van der Waals surface area contributed by atoms with Gasteiger partial charge in [0.1, 0.15) is 11.6 Å². The second-order valence-electron chi connectivity index (χ2n) is 6.59. The fraction of sp³-hybridized carbons (Fsp3) is 0.316. The molecule has 2 aromatic heterocycles. The molecule has 2 N–H and O–H groups in total. The normalized spacial score (nSPS) is 11.4. The molecule has 10 heteroatoms. The third-order valence-electron chi connectivity index (χ3n) is 4.35. The highest BCUT2D eigenvalue weighted by Gasteiger charge is 2.13. The number of aromatic nitrogens is 4. The van der Waals surface area contributed by atoms with Gasteiger partial charge in [-0.25, -0.2) is 18.1 Å². The second-order valence-corrected chi connectivity index (χ2v) is 8.61. The smallest absolute Gasteiger partial charge is 0.229 e. The van der Waals surface area contributed by atoms with Crippen molar-refractivity contribution in [2.75, 3.05) is 30.6 Å². The van der Waals surface area contributed by atoms with Crippen molar-refractivity contribution in [1.29, 1.82) is 0 Å².